The first-order valence-corrected chi connectivity index (χ1v) is 9.51. The van der Waals surface area contributed by atoms with E-state index in [1.807, 2.05) is 13.0 Å². The second-order valence-electron chi connectivity index (χ2n) is 6.13. The Morgan fingerprint density at radius 2 is 1.85 bits per heavy atom. The number of nitriles is 1. The highest BCUT2D eigenvalue weighted by Crippen LogP contribution is 2.27. The number of rotatable bonds is 6. The van der Waals surface area contributed by atoms with Crippen molar-refractivity contribution in [1.82, 2.24) is 0 Å². The van der Waals surface area contributed by atoms with Crippen LogP contribution in [0.1, 0.15) is 34.7 Å². The first kappa shape index (κ1) is 19.8. The molecule has 0 amide bonds. The first-order valence-electron chi connectivity index (χ1n) is 8.53. The summed E-state index contributed by atoms with van der Waals surface area (Å²) in [6.45, 7) is 8.12. The lowest BCUT2D eigenvalue weighted by atomic mass is 9.99. The van der Waals surface area contributed by atoms with Gasteiger partial charge < -0.3 is 4.74 Å². The van der Waals surface area contributed by atoms with Crippen molar-refractivity contribution in [3.63, 3.8) is 0 Å². The van der Waals surface area contributed by atoms with Crippen molar-refractivity contribution in [2.45, 2.75) is 38.3 Å². The number of ether oxygens (including phenoxy) is 1. The predicted molar refractivity (Wildman–Crippen MR) is 107 cm³/mol. The van der Waals surface area contributed by atoms with Crippen LogP contribution in [-0.4, -0.2) is 12.6 Å². The molecule has 0 fully saturated rings. The summed E-state index contributed by atoms with van der Waals surface area (Å²) in [6.07, 6.45) is 1.62. The summed E-state index contributed by atoms with van der Waals surface area (Å²) in [5.41, 5.74) is 5.57. The zero-order valence-electron chi connectivity index (χ0n) is 15.6. The molecule has 4 heteroatoms. The molecule has 3 nitrogen and oxygen atoms in total. The molecule has 0 N–H and O–H groups in total. The van der Waals surface area contributed by atoms with Crippen LogP contribution in [0.25, 0.3) is 6.08 Å². The molecular formula is C22H23NO2S. The summed E-state index contributed by atoms with van der Waals surface area (Å²) in [5.74, 6) is 0.252. The van der Waals surface area contributed by atoms with E-state index in [9.17, 15) is 10.1 Å². The summed E-state index contributed by atoms with van der Waals surface area (Å²) < 4.78 is 4.94. The van der Waals surface area contributed by atoms with Crippen LogP contribution >= 0.6 is 11.8 Å². The molecule has 134 valence electrons. The van der Waals surface area contributed by atoms with E-state index >= 15 is 0 Å². The van der Waals surface area contributed by atoms with Gasteiger partial charge in [0.2, 0.25) is 0 Å². The zero-order chi connectivity index (χ0) is 19.1. The van der Waals surface area contributed by atoms with E-state index in [1.165, 1.54) is 21.6 Å². The van der Waals surface area contributed by atoms with Gasteiger partial charge in [-0.2, -0.15) is 5.26 Å². The van der Waals surface area contributed by atoms with Gasteiger partial charge in [-0.25, -0.2) is 4.79 Å². The van der Waals surface area contributed by atoms with Gasteiger partial charge in [0.05, 0.1) is 6.61 Å². The Hall–Kier alpha value is -2.51. The number of carbonyl (C=O) groups is 1. The van der Waals surface area contributed by atoms with Crippen molar-refractivity contribution < 1.29 is 9.53 Å². The Kier molecular flexibility index (Phi) is 7.06. The van der Waals surface area contributed by atoms with E-state index in [-0.39, 0.29) is 12.2 Å². The standard InChI is InChI=1S/C22H23NO2S/c1-5-25-22(24)19(13-23)11-18-12-20(17(4)10-16(18)3)14-26-21-8-6-15(2)7-9-21/h6-12H,5,14H2,1-4H3. The van der Waals surface area contributed by atoms with E-state index in [2.05, 4.69) is 50.2 Å². The Bertz CT molecular complexity index is 861. The fraction of sp³-hybridized carbons (Fsp3) is 0.273. The highest BCUT2D eigenvalue weighted by molar-refractivity contribution is 7.98. The minimum Gasteiger partial charge on any atom is -0.462 e. The maximum absolute atomic E-state index is 11.9. The molecule has 0 aliphatic heterocycles. The van der Waals surface area contributed by atoms with E-state index < -0.39 is 5.97 Å². The maximum Gasteiger partial charge on any atom is 0.348 e. The molecule has 2 aromatic rings. The molecule has 2 aromatic carbocycles. The number of nitrogens with zero attached hydrogens (tertiary/aromatic N) is 1. The smallest absolute Gasteiger partial charge is 0.348 e. The number of aryl methyl sites for hydroxylation is 3. The molecule has 26 heavy (non-hydrogen) atoms. The summed E-state index contributed by atoms with van der Waals surface area (Å²) in [4.78, 5) is 13.1. The summed E-state index contributed by atoms with van der Waals surface area (Å²) in [5, 5.41) is 9.25. The minimum absolute atomic E-state index is 0.0240. The lowest BCUT2D eigenvalue weighted by Gasteiger charge is -2.11. The molecule has 0 saturated heterocycles. The minimum atomic E-state index is -0.578. The van der Waals surface area contributed by atoms with Crippen LogP contribution in [0.15, 0.2) is 46.9 Å². The fourth-order valence-corrected chi connectivity index (χ4v) is 3.49. The highest BCUT2D eigenvalue weighted by Gasteiger charge is 2.12. The average Bonchev–Trinajstić information content (AvgIpc) is 2.61. The van der Waals surface area contributed by atoms with Gasteiger partial charge in [0.25, 0.3) is 0 Å². The van der Waals surface area contributed by atoms with Crippen molar-refractivity contribution in [2.75, 3.05) is 6.61 Å². The maximum atomic E-state index is 11.9. The third kappa shape index (κ3) is 5.24. The SMILES string of the molecule is CCOC(=O)C(C#N)=Cc1cc(CSc2ccc(C)cc2)c(C)cc1C. The van der Waals surface area contributed by atoms with Gasteiger partial charge >= 0.3 is 5.97 Å². The van der Waals surface area contributed by atoms with Crippen molar-refractivity contribution in [2.24, 2.45) is 0 Å². The van der Waals surface area contributed by atoms with Crippen molar-refractivity contribution in [1.29, 1.82) is 5.26 Å². The van der Waals surface area contributed by atoms with Crippen LogP contribution in [0, 0.1) is 32.1 Å². The number of hydrogen-bond acceptors (Lipinski definition) is 4. The van der Waals surface area contributed by atoms with Crippen molar-refractivity contribution >= 4 is 23.8 Å². The molecule has 0 heterocycles. The highest BCUT2D eigenvalue weighted by atomic mass is 32.2. The van der Waals surface area contributed by atoms with Crippen LogP contribution < -0.4 is 0 Å². The number of benzene rings is 2. The van der Waals surface area contributed by atoms with E-state index in [0.717, 1.165) is 16.9 Å². The largest absolute Gasteiger partial charge is 0.462 e. The Morgan fingerprint density at radius 3 is 2.46 bits per heavy atom. The van der Waals surface area contributed by atoms with Crippen LogP contribution in [0.4, 0.5) is 0 Å². The predicted octanol–water partition coefficient (Wildman–Crippen LogP) is 5.37. The van der Waals surface area contributed by atoms with Gasteiger partial charge in [0.1, 0.15) is 11.6 Å². The van der Waals surface area contributed by atoms with Gasteiger partial charge in [0, 0.05) is 10.6 Å². The third-order valence-electron chi connectivity index (χ3n) is 4.06. The van der Waals surface area contributed by atoms with Crippen LogP contribution in [0.2, 0.25) is 0 Å². The fourth-order valence-electron chi connectivity index (χ4n) is 2.52. The summed E-state index contributed by atoms with van der Waals surface area (Å²) >= 11 is 1.77. The van der Waals surface area contributed by atoms with Crippen LogP contribution in [-0.2, 0) is 15.3 Å². The third-order valence-corrected chi connectivity index (χ3v) is 5.12. The van der Waals surface area contributed by atoms with Crippen molar-refractivity contribution in [3.05, 3.63) is 69.8 Å². The van der Waals surface area contributed by atoms with Gasteiger partial charge in [-0.15, -0.1) is 11.8 Å². The summed E-state index contributed by atoms with van der Waals surface area (Å²) in [7, 11) is 0. The van der Waals surface area contributed by atoms with Crippen LogP contribution in [0.5, 0.6) is 0 Å². The first-order chi connectivity index (χ1) is 12.4. The molecule has 0 aliphatic rings. The number of hydrogen-bond donors (Lipinski definition) is 0. The van der Waals surface area contributed by atoms with Gasteiger partial charge in [-0.05, 0) is 68.2 Å². The Morgan fingerprint density at radius 1 is 1.15 bits per heavy atom. The number of esters is 1. The zero-order valence-corrected chi connectivity index (χ0v) is 16.4. The van der Waals surface area contributed by atoms with Gasteiger partial charge in [0.15, 0.2) is 0 Å². The lowest BCUT2D eigenvalue weighted by molar-refractivity contribution is -0.137. The number of thioether (sulfide) groups is 1. The quantitative estimate of drug-likeness (QED) is 0.299. The topological polar surface area (TPSA) is 50.1 Å². The van der Waals surface area contributed by atoms with E-state index in [0.29, 0.717) is 0 Å². The molecule has 0 bridgehead atoms. The molecule has 2 rings (SSSR count). The van der Waals surface area contributed by atoms with Crippen LogP contribution in [0.3, 0.4) is 0 Å². The second kappa shape index (κ2) is 9.26. The second-order valence-corrected chi connectivity index (χ2v) is 7.18. The lowest BCUT2D eigenvalue weighted by Crippen LogP contribution is -2.06. The molecule has 0 unspecified atom stereocenters. The molecule has 0 saturated carbocycles. The molecule has 0 aliphatic carbocycles. The molecule has 0 spiro atoms. The van der Waals surface area contributed by atoms with Gasteiger partial charge in [-0.3, -0.25) is 0 Å². The molecule has 0 atom stereocenters. The molecular weight excluding hydrogens is 342 g/mol. The Labute approximate surface area is 159 Å². The summed E-state index contributed by atoms with van der Waals surface area (Å²) in [6, 6.07) is 14.6. The van der Waals surface area contributed by atoms with Gasteiger partial charge in [-0.1, -0.05) is 29.8 Å². The van der Waals surface area contributed by atoms with Crippen molar-refractivity contribution in [3.8, 4) is 6.07 Å². The normalized spacial score (nSPS) is 11.1. The average molecular weight is 365 g/mol. The van der Waals surface area contributed by atoms with E-state index in [1.54, 1.807) is 24.8 Å². The van der Waals surface area contributed by atoms with E-state index in [4.69, 9.17) is 4.74 Å². The molecule has 0 aromatic heterocycles. The monoisotopic (exact) mass is 365 g/mol. The molecule has 0 radical (unpaired) electrons. The Balaban J connectivity index is 2.26. The number of carbonyl (C=O) groups excluding carboxylic acids is 1.